The molecule has 0 aliphatic carbocycles. The van der Waals surface area contributed by atoms with E-state index in [1.807, 2.05) is 24.3 Å². The summed E-state index contributed by atoms with van der Waals surface area (Å²) < 4.78 is 16.4. The zero-order valence-corrected chi connectivity index (χ0v) is 27.8. The Morgan fingerprint density at radius 3 is 2.02 bits per heavy atom. The number of carboxylic acid groups (broad SMARTS) is 2. The lowest BCUT2D eigenvalue weighted by molar-refractivity contribution is -0.134. The second kappa shape index (κ2) is 15.8. The minimum Gasteiger partial charge on any atom is -0.495 e. The van der Waals surface area contributed by atoms with Crippen LogP contribution in [0.25, 0.3) is 21.8 Å². The van der Waals surface area contributed by atoms with Crippen molar-refractivity contribution in [2.75, 3.05) is 39.7 Å². The van der Waals surface area contributed by atoms with Gasteiger partial charge in [-0.05, 0) is 78.1 Å². The number of aromatic amines is 1. The molecule has 258 valence electrons. The summed E-state index contributed by atoms with van der Waals surface area (Å²) in [5.41, 5.74) is 5.76. The van der Waals surface area contributed by atoms with Gasteiger partial charge in [-0.25, -0.2) is 9.59 Å². The molecule has 0 spiro atoms. The molecule has 0 saturated heterocycles. The van der Waals surface area contributed by atoms with Crippen LogP contribution in [-0.2, 0) is 29.0 Å². The van der Waals surface area contributed by atoms with Crippen LogP contribution in [0.5, 0.6) is 17.2 Å². The third kappa shape index (κ3) is 8.10. The van der Waals surface area contributed by atoms with Gasteiger partial charge in [-0.1, -0.05) is 24.3 Å². The number of carboxylic acids is 2. The summed E-state index contributed by atoms with van der Waals surface area (Å²) in [5.74, 6) is -0.721. The number of methoxy groups -OCH3 is 3. The number of fused-ring (bicyclic) bond motifs is 3. The van der Waals surface area contributed by atoms with Crippen molar-refractivity contribution in [1.82, 2.24) is 9.88 Å². The Labute approximate surface area is 287 Å². The van der Waals surface area contributed by atoms with Gasteiger partial charge in [-0.2, -0.15) is 0 Å². The Bertz CT molecular complexity index is 2120. The van der Waals surface area contributed by atoms with Crippen molar-refractivity contribution in [2.45, 2.75) is 19.4 Å². The molecule has 0 bridgehead atoms. The van der Waals surface area contributed by atoms with Crippen molar-refractivity contribution in [3.05, 3.63) is 117 Å². The van der Waals surface area contributed by atoms with Crippen LogP contribution < -0.4 is 25.0 Å². The average molecular weight is 680 g/mol. The normalized spacial score (nSPS) is 12.5. The summed E-state index contributed by atoms with van der Waals surface area (Å²) in [6.07, 6.45) is 2.99. The Kier molecular flexibility index (Phi) is 11.1. The topological polar surface area (TPSA) is 167 Å². The Morgan fingerprint density at radius 1 is 0.800 bits per heavy atom. The molecule has 1 aliphatic heterocycles. The monoisotopic (exact) mass is 679 g/mol. The molecule has 12 heteroatoms. The zero-order valence-electron chi connectivity index (χ0n) is 27.8. The Morgan fingerprint density at radius 2 is 1.40 bits per heavy atom. The molecule has 5 aromatic rings. The minimum absolute atomic E-state index is 0.146. The molecule has 1 aliphatic rings. The van der Waals surface area contributed by atoms with Crippen LogP contribution in [0.2, 0.25) is 0 Å². The van der Waals surface area contributed by atoms with Gasteiger partial charge in [-0.15, -0.1) is 0 Å². The van der Waals surface area contributed by atoms with E-state index in [9.17, 15) is 19.2 Å². The molecule has 4 aromatic carbocycles. The molecule has 2 heterocycles. The number of hydrogen-bond acceptors (Lipinski definition) is 8. The molecular formula is C38H37N3O9. The van der Waals surface area contributed by atoms with Crippen LogP contribution >= 0.6 is 0 Å². The van der Waals surface area contributed by atoms with Crippen molar-refractivity contribution in [3.8, 4) is 17.2 Å². The van der Waals surface area contributed by atoms with E-state index in [2.05, 4.69) is 27.3 Å². The number of carbonyl (C=O) groups excluding carboxylic acids is 1. The number of nitrogens with one attached hydrogen (secondary N) is 2. The second-order valence-electron chi connectivity index (χ2n) is 11.5. The fraction of sp³-hybridized carbons (Fsp3) is 0.211. The number of H-pyrrole nitrogens is 1. The average Bonchev–Trinajstić information content (AvgIpc) is 3.13. The van der Waals surface area contributed by atoms with Crippen LogP contribution in [0, 0.1) is 0 Å². The fourth-order valence-corrected chi connectivity index (χ4v) is 5.87. The number of aliphatic carboxylic acids is 2. The molecule has 1 amide bonds. The molecular weight excluding hydrogens is 642 g/mol. The highest BCUT2D eigenvalue weighted by molar-refractivity contribution is 6.13. The molecule has 0 radical (unpaired) electrons. The third-order valence-electron chi connectivity index (χ3n) is 8.39. The summed E-state index contributed by atoms with van der Waals surface area (Å²) in [6, 6.07) is 22.6. The number of anilines is 1. The first-order valence-electron chi connectivity index (χ1n) is 15.7. The summed E-state index contributed by atoms with van der Waals surface area (Å²) in [7, 11) is 4.89. The summed E-state index contributed by atoms with van der Waals surface area (Å²) >= 11 is 0. The number of hydrogen-bond donors (Lipinski definition) is 4. The van der Waals surface area contributed by atoms with Gasteiger partial charge in [0.1, 0.15) is 5.75 Å². The van der Waals surface area contributed by atoms with E-state index in [1.54, 1.807) is 57.7 Å². The van der Waals surface area contributed by atoms with Crippen LogP contribution in [0.4, 0.5) is 5.69 Å². The van der Waals surface area contributed by atoms with E-state index in [4.69, 9.17) is 24.4 Å². The summed E-state index contributed by atoms with van der Waals surface area (Å²) in [6.45, 7) is 2.79. The number of benzene rings is 4. The maximum Gasteiger partial charge on any atom is 0.328 e. The van der Waals surface area contributed by atoms with E-state index in [-0.39, 0.29) is 11.3 Å². The van der Waals surface area contributed by atoms with Crippen molar-refractivity contribution in [3.63, 3.8) is 0 Å². The fourth-order valence-electron chi connectivity index (χ4n) is 5.87. The number of pyridine rings is 1. The first kappa shape index (κ1) is 35.2. The number of amides is 1. The lowest BCUT2D eigenvalue weighted by Gasteiger charge is -2.29. The predicted octanol–water partition coefficient (Wildman–Crippen LogP) is 5.27. The first-order chi connectivity index (χ1) is 24.1. The van der Waals surface area contributed by atoms with Crippen molar-refractivity contribution < 1.29 is 38.8 Å². The third-order valence-corrected chi connectivity index (χ3v) is 8.39. The highest BCUT2D eigenvalue weighted by atomic mass is 16.5. The molecule has 12 nitrogen and oxygen atoms in total. The molecule has 0 fully saturated rings. The highest BCUT2D eigenvalue weighted by Gasteiger charge is 2.20. The molecule has 50 heavy (non-hydrogen) atoms. The van der Waals surface area contributed by atoms with Crippen LogP contribution in [0.1, 0.15) is 27.0 Å². The molecule has 0 saturated carbocycles. The van der Waals surface area contributed by atoms with Gasteiger partial charge in [0.2, 0.25) is 0 Å². The molecule has 4 N–H and O–H groups in total. The number of nitrogens with zero attached hydrogens (tertiary/aromatic N) is 1. The number of carbonyl (C=O) groups is 3. The predicted molar refractivity (Wildman–Crippen MR) is 190 cm³/mol. The van der Waals surface area contributed by atoms with Gasteiger partial charge in [0.15, 0.2) is 16.9 Å². The SMILES string of the molecule is COc1cc2c(cc1OC)CN(CCc1ccc(NC(=O)c3cccc4c(=O)c5cccc(OC)c5[nH]c34)cc1)CC2.O=C(O)C=CC(=O)O. The first-order valence-corrected chi connectivity index (χ1v) is 15.7. The second-order valence-corrected chi connectivity index (χ2v) is 11.5. The van der Waals surface area contributed by atoms with Crippen LogP contribution in [0.15, 0.2) is 89.7 Å². The van der Waals surface area contributed by atoms with E-state index in [0.29, 0.717) is 51.0 Å². The number of rotatable bonds is 10. The van der Waals surface area contributed by atoms with Crippen molar-refractivity contribution >= 4 is 45.3 Å². The lowest BCUT2D eigenvalue weighted by atomic mass is 9.98. The van der Waals surface area contributed by atoms with E-state index >= 15 is 0 Å². The smallest absolute Gasteiger partial charge is 0.328 e. The van der Waals surface area contributed by atoms with E-state index in [0.717, 1.165) is 44.0 Å². The van der Waals surface area contributed by atoms with Gasteiger partial charge in [0.05, 0.1) is 37.9 Å². The van der Waals surface area contributed by atoms with Gasteiger partial charge in [0, 0.05) is 48.2 Å². The van der Waals surface area contributed by atoms with Gasteiger partial charge in [-0.3, -0.25) is 14.5 Å². The number of para-hydroxylation sites is 2. The van der Waals surface area contributed by atoms with Gasteiger partial charge >= 0.3 is 11.9 Å². The largest absolute Gasteiger partial charge is 0.495 e. The summed E-state index contributed by atoms with van der Waals surface area (Å²) in [4.78, 5) is 51.4. The summed E-state index contributed by atoms with van der Waals surface area (Å²) in [5, 5.41) is 19.6. The minimum atomic E-state index is -1.26. The maximum atomic E-state index is 13.3. The Hall–Kier alpha value is -6.14. The molecule has 6 rings (SSSR count). The van der Waals surface area contributed by atoms with Gasteiger partial charge in [0.25, 0.3) is 5.91 Å². The maximum absolute atomic E-state index is 13.3. The highest BCUT2D eigenvalue weighted by Crippen LogP contribution is 2.33. The van der Waals surface area contributed by atoms with Crippen molar-refractivity contribution in [2.24, 2.45) is 0 Å². The Balaban J connectivity index is 0.000000544. The quantitative estimate of drug-likeness (QED) is 0.113. The van der Waals surface area contributed by atoms with Gasteiger partial charge < -0.3 is 34.7 Å². The standard InChI is InChI=1S/C34H33N3O5.C4H4O4/c1-40-28-9-5-7-26-32(28)36-31-25(33(26)38)6-4-8-27(31)34(39)35-24-12-10-21(11-13-24)14-16-37-17-15-22-18-29(41-2)30(42-3)19-23(22)20-37;5-3(6)1-2-4(7)8/h4-13,18-19H,14-17,20H2,1-3H3,(H,35,39)(H,36,38);1-2H,(H,5,6)(H,7,8). The lowest BCUT2D eigenvalue weighted by Crippen LogP contribution is -2.32. The molecule has 1 aromatic heterocycles. The van der Waals surface area contributed by atoms with Crippen LogP contribution in [-0.4, -0.2) is 72.4 Å². The zero-order chi connectivity index (χ0) is 35.8. The van der Waals surface area contributed by atoms with Crippen molar-refractivity contribution in [1.29, 1.82) is 0 Å². The molecule has 0 unspecified atom stereocenters. The van der Waals surface area contributed by atoms with E-state index in [1.165, 1.54) is 16.7 Å². The number of ether oxygens (including phenoxy) is 3. The molecule has 0 atom stereocenters. The van der Waals surface area contributed by atoms with E-state index < -0.39 is 11.9 Å². The van der Waals surface area contributed by atoms with Crippen LogP contribution in [0.3, 0.4) is 0 Å². The number of aromatic nitrogens is 1.